The lowest BCUT2D eigenvalue weighted by molar-refractivity contribution is -0.255. The molecule has 2 aliphatic rings. The average molecular weight is 371 g/mol. The van der Waals surface area contributed by atoms with Crippen molar-refractivity contribution in [3.63, 3.8) is 0 Å². The maximum Gasteiger partial charge on any atom is 0.352 e. The Morgan fingerprint density at radius 3 is 1.81 bits per heavy atom. The third-order valence-corrected chi connectivity index (χ3v) is 4.13. The van der Waals surface area contributed by atoms with Gasteiger partial charge in [-0.3, -0.25) is 9.59 Å². The Balaban J connectivity index is 0.000000359. The SMILES string of the molecule is CC(=O)OOC(C)=O.CC(=O)[C@H]1NCC2(CC2)C[C@@H]1C(=O)OC(C)(C)C. The largest absolute Gasteiger partial charge is 0.460 e. The highest BCUT2D eigenvalue weighted by Crippen LogP contribution is 2.52. The summed E-state index contributed by atoms with van der Waals surface area (Å²) in [7, 11) is 0. The summed E-state index contributed by atoms with van der Waals surface area (Å²) in [6, 6.07) is -0.369. The number of ketones is 1. The maximum atomic E-state index is 12.2. The lowest BCUT2D eigenvalue weighted by Gasteiger charge is -2.36. The van der Waals surface area contributed by atoms with E-state index in [1.807, 2.05) is 20.8 Å². The van der Waals surface area contributed by atoms with E-state index in [1.54, 1.807) is 6.92 Å². The van der Waals surface area contributed by atoms with Crippen LogP contribution in [0.2, 0.25) is 0 Å². The van der Waals surface area contributed by atoms with Crippen molar-refractivity contribution in [3.8, 4) is 0 Å². The lowest BCUT2D eigenvalue weighted by atomic mass is 9.81. The normalized spacial score (nSPS) is 23.2. The van der Waals surface area contributed by atoms with E-state index in [-0.39, 0.29) is 29.1 Å². The van der Waals surface area contributed by atoms with Crippen molar-refractivity contribution in [2.75, 3.05) is 6.54 Å². The van der Waals surface area contributed by atoms with E-state index >= 15 is 0 Å². The highest BCUT2D eigenvalue weighted by atomic mass is 17.2. The number of ether oxygens (including phenoxy) is 1. The zero-order chi connectivity index (χ0) is 20.1. The summed E-state index contributed by atoms with van der Waals surface area (Å²) < 4.78 is 5.45. The number of carbonyl (C=O) groups excluding carboxylic acids is 4. The van der Waals surface area contributed by atoms with Gasteiger partial charge in [0.15, 0.2) is 0 Å². The first-order valence-electron chi connectivity index (χ1n) is 8.68. The molecule has 1 saturated heterocycles. The van der Waals surface area contributed by atoms with Gasteiger partial charge in [-0.1, -0.05) is 0 Å². The average Bonchev–Trinajstić information content (AvgIpc) is 3.22. The molecule has 1 heterocycles. The predicted molar refractivity (Wildman–Crippen MR) is 91.6 cm³/mol. The van der Waals surface area contributed by atoms with Crippen molar-refractivity contribution < 1.29 is 33.7 Å². The molecule has 0 radical (unpaired) electrons. The van der Waals surface area contributed by atoms with Crippen LogP contribution in [0.15, 0.2) is 0 Å². The van der Waals surface area contributed by atoms with Crippen molar-refractivity contribution in [3.05, 3.63) is 0 Å². The number of piperidine rings is 1. The van der Waals surface area contributed by atoms with E-state index in [1.165, 1.54) is 0 Å². The first-order chi connectivity index (χ1) is 11.9. The van der Waals surface area contributed by atoms with E-state index in [9.17, 15) is 19.2 Å². The molecule has 8 nitrogen and oxygen atoms in total. The number of Topliss-reactive ketones (excluding diaryl/α,β-unsaturated/α-hetero) is 1. The zero-order valence-electron chi connectivity index (χ0n) is 16.3. The molecule has 148 valence electrons. The summed E-state index contributed by atoms with van der Waals surface area (Å²) in [5, 5.41) is 3.24. The molecular formula is C18H29NO7. The van der Waals surface area contributed by atoms with Crippen molar-refractivity contribution in [2.45, 2.75) is 72.4 Å². The fourth-order valence-electron chi connectivity index (χ4n) is 2.82. The van der Waals surface area contributed by atoms with Gasteiger partial charge < -0.3 is 10.1 Å². The predicted octanol–water partition coefficient (Wildman–Crippen LogP) is 1.70. The Hall–Kier alpha value is -1.96. The van der Waals surface area contributed by atoms with Crippen molar-refractivity contribution in [1.29, 1.82) is 0 Å². The second-order valence-corrected chi connectivity index (χ2v) is 7.96. The van der Waals surface area contributed by atoms with Crippen LogP contribution in [-0.2, 0) is 33.7 Å². The quantitative estimate of drug-likeness (QED) is 0.444. The molecule has 26 heavy (non-hydrogen) atoms. The minimum Gasteiger partial charge on any atom is -0.460 e. The summed E-state index contributed by atoms with van der Waals surface area (Å²) in [5.74, 6) is -1.80. The first-order valence-corrected chi connectivity index (χ1v) is 8.68. The maximum absolute atomic E-state index is 12.2. The van der Waals surface area contributed by atoms with E-state index in [2.05, 4.69) is 15.1 Å². The van der Waals surface area contributed by atoms with Gasteiger partial charge in [-0.05, 0) is 52.4 Å². The van der Waals surface area contributed by atoms with Gasteiger partial charge in [0.2, 0.25) is 0 Å². The molecule has 8 heteroatoms. The van der Waals surface area contributed by atoms with Gasteiger partial charge in [-0.25, -0.2) is 19.4 Å². The third kappa shape index (κ3) is 7.51. The van der Waals surface area contributed by atoms with Crippen molar-refractivity contribution in [2.24, 2.45) is 11.3 Å². The van der Waals surface area contributed by atoms with Crippen LogP contribution in [0.1, 0.15) is 60.8 Å². The fourth-order valence-corrected chi connectivity index (χ4v) is 2.82. The second-order valence-electron chi connectivity index (χ2n) is 7.96. The molecule has 2 atom stereocenters. The summed E-state index contributed by atoms with van der Waals surface area (Å²) in [6.45, 7) is 10.3. The number of hydrogen-bond donors (Lipinski definition) is 1. The van der Waals surface area contributed by atoms with Crippen LogP contribution in [0, 0.1) is 11.3 Å². The Bertz CT molecular complexity index is 546. The van der Waals surface area contributed by atoms with Gasteiger partial charge in [0.05, 0.1) is 12.0 Å². The molecule has 1 spiro atoms. The van der Waals surface area contributed by atoms with Crippen molar-refractivity contribution >= 4 is 23.7 Å². The molecule has 1 saturated carbocycles. The molecule has 1 aliphatic carbocycles. The smallest absolute Gasteiger partial charge is 0.352 e. The molecule has 2 rings (SSSR count). The number of carbonyl (C=O) groups is 4. The van der Waals surface area contributed by atoms with Gasteiger partial charge in [-0.15, -0.1) is 0 Å². The Kier molecular flexibility index (Phi) is 7.32. The lowest BCUT2D eigenvalue weighted by Crippen LogP contribution is -2.53. The van der Waals surface area contributed by atoms with Gasteiger partial charge >= 0.3 is 17.9 Å². The summed E-state index contributed by atoms with van der Waals surface area (Å²) >= 11 is 0. The highest BCUT2D eigenvalue weighted by Gasteiger charge is 2.52. The highest BCUT2D eigenvalue weighted by molar-refractivity contribution is 5.88. The van der Waals surface area contributed by atoms with Gasteiger partial charge in [0, 0.05) is 20.4 Å². The monoisotopic (exact) mass is 371 g/mol. The Labute approximate surface area is 153 Å². The third-order valence-electron chi connectivity index (χ3n) is 4.13. The molecule has 0 amide bonds. The molecule has 1 aliphatic heterocycles. The van der Waals surface area contributed by atoms with Crippen LogP contribution in [0.3, 0.4) is 0 Å². The standard InChI is InChI=1S/C14H23NO3.C4H6O4/c1-9(16)11-10(12(17)18-13(2,3)4)7-14(5-6-14)8-15-11;1-3(5)7-8-4(2)6/h10-11,15H,5-8H2,1-4H3;1-2H3/t10-,11+;/m0./s1. The molecule has 0 aromatic carbocycles. The summed E-state index contributed by atoms with van der Waals surface area (Å²) in [5.41, 5.74) is -0.236. The van der Waals surface area contributed by atoms with Crippen LogP contribution < -0.4 is 5.32 Å². The molecular weight excluding hydrogens is 342 g/mol. The van der Waals surface area contributed by atoms with Gasteiger partial charge in [0.1, 0.15) is 11.4 Å². The van der Waals surface area contributed by atoms with Crippen molar-refractivity contribution in [1.82, 2.24) is 5.32 Å². The van der Waals surface area contributed by atoms with E-state index in [0.29, 0.717) is 0 Å². The Morgan fingerprint density at radius 1 is 0.962 bits per heavy atom. The minimum absolute atomic E-state index is 0.0290. The zero-order valence-corrected chi connectivity index (χ0v) is 16.3. The molecule has 2 fully saturated rings. The Morgan fingerprint density at radius 2 is 1.46 bits per heavy atom. The van der Waals surface area contributed by atoms with Crippen LogP contribution in [-0.4, -0.2) is 41.9 Å². The van der Waals surface area contributed by atoms with Crippen LogP contribution >= 0.6 is 0 Å². The van der Waals surface area contributed by atoms with E-state index < -0.39 is 17.5 Å². The molecule has 0 aromatic rings. The molecule has 0 unspecified atom stereocenters. The van der Waals surface area contributed by atoms with E-state index in [4.69, 9.17) is 4.74 Å². The van der Waals surface area contributed by atoms with Gasteiger partial charge in [0.25, 0.3) is 0 Å². The van der Waals surface area contributed by atoms with Crippen LogP contribution in [0.25, 0.3) is 0 Å². The summed E-state index contributed by atoms with van der Waals surface area (Å²) in [4.78, 5) is 51.2. The van der Waals surface area contributed by atoms with Gasteiger partial charge in [-0.2, -0.15) is 0 Å². The topological polar surface area (TPSA) is 108 Å². The number of hydrogen-bond acceptors (Lipinski definition) is 8. The van der Waals surface area contributed by atoms with Crippen LogP contribution in [0.5, 0.6) is 0 Å². The fraction of sp³-hybridized carbons (Fsp3) is 0.778. The number of esters is 1. The first kappa shape index (κ1) is 22.1. The minimum atomic E-state index is -0.639. The number of rotatable bonds is 2. The van der Waals surface area contributed by atoms with Crippen LogP contribution in [0.4, 0.5) is 0 Å². The molecule has 1 N–H and O–H groups in total. The second kappa shape index (κ2) is 8.62. The molecule has 0 bridgehead atoms. The number of nitrogens with one attached hydrogen (secondary N) is 1. The summed E-state index contributed by atoms with van der Waals surface area (Å²) in [6.07, 6.45) is 3.10. The van der Waals surface area contributed by atoms with E-state index in [0.717, 1.165) is 39.7 Å². The molecule has 0 aromatic heterocycles.